The molecule has 0 saturated carbocycles. The third kappa shape index (κ3) is 4.86. The van der Waals surface area contributed by atoms with Gasteiger partial charge in [0.15, 0.2) is 0 Å². The lowest BCUT2D eigenvalue weighted by Gasteiger charge is -2.37. The van der Waals surface area contributed by atoms with Crippen molar-refractivity contribution in [2.24, 2.45) is 0 Å². The summed E-state index contributed by atoms with van der Waals surface area (Å²) in [5.41, 5.74) is 0.368. The van der Waals surface area contributed by atoms with E-state index >= 15 is 0 Å². The van der Waals surface area contributed by atoms with Crippen LogP contribution in [0.2, 0.25) is 0 Å². The highest BCUT2D eigenvalue weighted by Gasteiger charge is 2.48. The fourth-order valence-electron chi connectivity index (χ4n) is 3.59. The summed E-state index contributed by atoms with van der Waals surface area (Å²) in [5, 5.41) is 8.87. The molecular formula is C21H25N3O5. The van der Waals surface area contributed by atoms with Gasteiger partial charge in [0.1, 0.15) is 12.1 Å². The van der Waals surface area contributed by atoms with Gasteiger partial charge in [-0.05, 0) is 30.7 Å². The Bertz CT molecular complexity index is 807. The topological polar surface area (TPSA) is 99.9 Å². The number of nitrogens with zero attached hydrogens (tertiary/aromatic N) is 3. The summed E-state index contributed by atoms with van der Waals surface area (Å²) >= 11 is 0. The van der Waals surface area contributed by atoms with Crippen LogP contribution in [0, 0.1) is 11.3 Å². The van der Waals surface area contributed by atoms with E-state index in [2.05, 4.69) is 0 Å². The standard InChI is InChI=1S/C21H25N3O5/c1-2-3-12-28-18(25)14-24-15-21(29-20(24)27)8-10-23(11-9-21)19(26)17-6-4-16(13-22)5-7-17/h4-7H,2-3,8-12,14-15H2,1H3. The second-order valence-corrected chi connectivity index (χ2v) is 7.46. The van der Waals surface area contributed by atoms with Gasteiger partial charge in [0.25, 0.3) is 5.91 Å². The number of carbonyl (C=O) groups is 3. The van der Waals surface area contributed by atoms with E-state index in [1.54, 1.807) is 29.2 Å². The lowest BCUT2D eigenvalue weighted by atomic mass is 9.91. The SMILES string of the molecule is CCCCOC(=O)CN1CC2(CCN(C(=O)c3ccc(C#N)cc3)CC2)OC1=O. The minimum atomic E-state index is -0.664. The maximum Gasteiger partial charge on any atom is 0.411 e. The lowest BCUT2D eigenvalue weighted by Crippen LogP contribution is -2.49. The molecule has 0 unspecified atom stereocenters. The van der Waals surface area contributed by atoms with Crippen LogP contribution in [0.4, 0.5) is 4.79 Å². The highest BCUT2D eigenvalue weighted by Crippen LogP contribution is 2.33. The van der Waals surface area contributed by atoms with Crippen LogP contribution in [0.15, 0.2) is 24.3 Å². The van der Waals surface area contributed by atoms with E-state index in [0.29, 0.717) is 50.2 Å². The number of unbranched alkanes of at least 4 members (excludes halogenated alkanes) is 1. The van der Waals surface area contributed by atoms with E-state index in [0.717, 1.165) is 12.8 Å². The molecule has 1 aromatic rings. The highest BCUT2D eigenvalue weighted by atomic mass is 16.6. The fraction of sp³-hybridized carbons (Fsp3) is 0.524. The van der Waals surface area contributed by atoms with E-state index in [1.807, 2.05) is 13.0 Å². The molecule has 2 aliphatic rings. The summed E-state index contributed by atoms with van der Waals surface area (Å²) in [6.45, 7) is 3.50. The van der Waals surface area contributed by atoms with Crippen molar-refractivity contribution in [3.05, 3.63) is 35.4 Å². The van der Waals surface area contributed by atoms with Crippen molar-refractivity contribution in [3.63, 3.8) is 0 Å². The van der Waals surface area contributed by atoms with Crippen molar-refractivity contribution in [1.82, 2.24) is 9.80 Å². The van der Waals surface area contributed by atoms with E-state index < -0.39 is 17.7 Å². The Balaban J connectivity index is 1.53. The zero-order valence-corrected chi connectivity index (χ0v) is 16.6. The number of benzene rings is 1. The summed E-state index contributed by atoms with van der Waals surface area (Å²) in [4.78, 5) is 39.9. The van der Waals surface area contributed by atoms with Gasteiger partial charge in [-0.15, -0.1) is 0 Å². The first kappa shape index (κ1) is 20.6. The van der Waals surface area contributed by atoms with Crippen LogP contribution in [0.1, 0.15) is 48.5 Å². The van der Waals surface area contributed by atoms with Gasteiger partial charge in [0.2, 0.25) is 0 Å². The van der Waals surface area contributed by atoms with Gasteiger partial charge in [-0.25, -0.2) is 4.79 Å². The Hall–Kier alpha value is -3.08. The minimum absolute atomic E-state index is 0.106. The Kier molecular flexibility index (Phi) is 6.37. The molecule has 2 aliphatic heterocycles. The van der Waals surface area contributed by atoms with E-state index in [1.165, 1.54) is 4.90 Å². The first-order valence-electron chi connectivity index (χ1n) is 9.89. The molecule has 8 heteroatoms. The fourth-order valence-corrected chi connectivity index (χ4v) is 3.59. The van der Waals surface area contributed by atoms with Crippen LogP contribution in [0.3, 0.4) is 0 Å². The maximum atomic E-state index is 12.7. The molecule has 0 N–H and O–H groups in total. The molecule has 0 aromatic heterocycles. The monoisotopic (exact) mass is 399 g/mol. The molecule has 8 nitrogen and oxygen atoms in total. The number of amides is 2. The normalized spacial score (nSPS) is 17.7. The van der Waals surface area contributed by atoms with Crippen molar-refractivity contribution in [2.45, 2.75) is 38.2 Å². The zero-order chi connectivity index (χ0) is 20.9. The molecule has 2 amide bonds. The number of likely N-dealkylation sites (tertiary alicyclic amines) is 1. The van der Waals surface area contributed by atoms with Crippen molar-refractivity contribution in [2.75, 3.05) is 32.8 Å². The van der Waals surface area contributed by atoms with Gasteiger partial charge in [-0.3, -0.25) is 14.5 Å². The Morgan fingerprint density at radius 1 is 1.24 bits per heavy atom. The summed E-state index contributed by atoms with van der Waals surface area (Å²) < 4.78 is 10.7. The quantitative estimate of drug-likeness (QED) is 0.538. The van der Waals surface area contributed by atoms with Crippen LogP contribution in [0.5, 0.6) is 0 Å². The average molecular weight is 399 g/mol. The van der Waals surface area contributed by atoms with Crippen LogP contribution < -0.4 is 0 Å². The average Bonchev–Trinajstić information content (AvgIpc) is 3.02. The highest BCUT2D eigenvalue weighted by molar-refractivity contribution is 5.94. The van der Waals surface area contributed by atoms with Crippen LogP contribution >= 0.6 is 0 Å². The second kappa shape index (κ2) is 8.95. The van der Waals surface area contributed by atoms with Crippen LogP contribution in [-0.2, 0) is 14.3 Å². The molecule has 2 heterocycles. The lowest BCUT2D eigenvalue weighted by molar-refractivity contribution is -0.144. The van der Waals surface area contributed by atoms with Gasteiger partial charge < -0.3 is 14.4 Å². The second-order valence-electron chi connectivity index (χ2n) is 7.46. The maximum absolute atomic E-state index is 12.7. The first-order chi connectivity index (χ1) is 14.0. The number of ether oxygens (including phenoxy) is 2. The number of carbonyl (C=O) groups excluding carboxylic acids is 3. The molecule has 1 aromatic carbocycles. The van der Waals surface area contributed by atoms with Crippen LogP contribution in [-0.4, -0.2) is 66.2 Å². The van der Waals surface area contributed by atoms with Gasteiger partial charge in [-0.1, -0.05) is 13.3 Å². The van der Waals surface area contributed by atoms with E-state index in [4.69, 9.17) is 14.7 Å². The largest absolute Gasteiger partial charge is 0.464 e. The summed E-state index contributed by atoms with van der Waals surface area (Å²) in [7, 11) is 0. The van der Waals surface area contributed by atoms with Crippen molar-refractivity contribution < 1.29 is 23.9 Å². The van der Waals surface area contributed by atoms with Gasteiger partial charge in [0.05, 0.1) is 24.8 Å². The van der Waals surface area contributed by atoms with E-state index in [-0.39, 0.29) is 12.5 Å². The molecule has 154 valence electrons. The van der Waals surface area contributed by atoms with E-state index in [9.17, 15) is 14.4 Å². The number of hydrogen-bond acceptors (Lipinski definition) is 6. The Morgan fingerprint density at radius 2 is 1.93 bits per heavy atom. The summed E-state index contributed by atoms with van der Waals surface area (Å²) in [6.07, 6.45) is 2.25. The van der Waals surface area contributed by atoms with Crippen molar-refractivity contribution in [3.8, 4) is 6.07 Å². The van der Waals surface area contributed by atoms with Crippen molar-refractivity contribution >= 4 is 18.0 Å². The predicted molar refractivity (Wildman–Crippen MR) is 103 cm³/mol. The number of hydrogen-bond donors (Lipinski definition) is 0. The summed E-state index contributed by atoms with van der Waals surface area (Å²) in [6, 6.07) is 8.56. The molecule has 3 rings (SSSR count). The number of nitriles is 1. The van der Waals surface area contributed by atoms with Gasteiger partial charge in [-0.2, -0.15) is 5.26 Å². The Labute approximate surface area is 170 Å². The van der Waals surface area contributed by atoms with Gasteiger partial charge >= 0.3 is 12.1 Å². The third-order valence-electron chi connectivity index (χ3n) is 5.34. The predicted octanol–water partition coefficient (Wildman–Crippen LogP) is 2.33. The third-order valence-corrected chi connectivity index (χ3v) is 5.34. The minimum Gasteiger partial charge on any atom is -0.464 e. The van der Waals surface area contributed by atoms with Crippen molar-refractivity contribution in [1.29, 1.82) is 5.26 Å². The zero-order valence-electron chi connectivity index (χ0n) is 16.6. The van der Waals surface area contributed by atoms with Crippen LogP contribution in [0.25, 0.3) is 0 Å². The number of esters is 1. The molecule has 2 fully saturated rings. The number of rotatable bonds is 6. The molecule has 0 aliphatic carbocycles. The van der Waals surface area contributed by atoms with Gasteiger partial charge in [0, 0.05) is 31.5 Å². The molecular weight excluding hydrogens is 374 g/mol. The summed E-state index contributed by atoms with van der Waals surface area (Å²) in [5.74, 6) is -0.536. The molecule has 2 saturated heterocycles. The molecule has 29 heavy (non-hydrogen) atoms. The first-order valence-corrected chi connectivity index (χ1v) is 9.89. The molecule has 0 radical (unpaired) electrons. The Morgan fingerprint density at radius 3 is 2.55 bits per heavy atom. The molecule has 0 bridgehead atoms. The number of piperidine rings is 1. The molecule has 1 spiro atoms. The molecule has 0 atom stereocenters. The smallest absolute Gasteiger partial charge is 0.411 e.